The van der Waals surface area contributed by atoms with Crippen molar-refractivity contribution in [3.63, 3.8) is 0 Å². The number of hydrogen-bond acceptors (Lipinski definition) is 3. The van der Waals surface area contributed by atoms with Crippen LogP contribution in [-0.2, 0) is 6.42 Å². The molecule has 2 rings (SSSR count). The summed E-state index contributed by atoms with van der Waals surface area (Å²) in [6, 6.07) is 8.47. The molecule has 126 valence electrons. The van der Waals surface area contributed by atoms with Crippen LogP contribution in [-0.4, -0.2) is 25.4 Å². The molecule has 0 heterocycles. The fourth-order valence-corrected chi connectivity index (χ4v) is 2.66. The van der Waals surface area contributed by atoms with Crippen LogP contribution in [0, 0.1) is 5.92 Å². The highest BCUT2D eigenvalue weighted by Crippen LogP contribution is 2.25. The van der Waals surface area contributed by atoms with Crippen LogP contribution in [0.5, 0.6) is 5.75 Å². The highest BCUT2D eigenvalue weighted by molar-refractivity contribution is 5.28. The molecule has 1 aromatic carbocycles. The molecule has 0 spiro atoms. The maximum absolute atomic E-state index is 7.00. The van der Waals surface area contributed by atoms with Gasteiger partial charge in [-0.2, -0.15) is 0 Å². The fourth-order valence-electron chi connectivity index (χ4n) is 2.66. The molecule has 1 fully saturated rings. The van der Waals surface area contributed by atoms with Crippen LogP contribution in [0.3, 0.4) is 0 Å². The highest BCUT2D eigenvalue weighted by Gasteiger charge is 2.13. The minimum absolute atomic E-state index is 0.757. The predicted molar refractivity (Wildman–Crippen MR) is 95.3 cm³/mol. The average Bonchev–Trinajstić information content (AvgIpc) is 2.63. The lowest BCUT2D eigenvalue weighted by Gasteiger charge is -2.21. The molecule has 3 N–H and O–H groups in total. The third-order valence-corrected chi connectivity index (χ3v) is 3.78. The van der Waals surface area contributed by atoms with E-state index in [1.165, 1.54) is 37.7 Å². The Hall–Kier alpha value is -1.32. The topological polar surface area (TPSA) is 55.5 Å². The Labute approximate surface area is 136 Å². The number of hydrogen-bond donors (Lipinski definition) is 2. The number of aryl methyl sites for hydroxylation is 1. The van der Waals surface area contributed by atoms with Crippen LogP contribution >= 0.6 is 0 Å². The lowest BCUT2D eigenvalue weighted by molar-refractivity contribution is 0.208. The van der Waals surface area contributed by atoms with Gasteiger partial charge in [0.25, 0.3) is 0 Å². The lowest BCUT2D eigenvalue weighted by atomic mass is 9.90. The van der Waals surface area contributed by atoms with E-state index in [9.17, 15) is 0 Å². The van der Waals surface area contributed by atoms with Gasteiger partial charge >= 0.3 is 0 Å². The van der Waals surface area contributed by atoms with Crippen LogP contribution in [0.1, 0.15) is 44.1 Å². The van der Waals surface area contributed by atoms with E-state index < -0.39 is 0 Å². The van der Waals surface area contributed by atoms with Crippen molar-refractivity contribution in [2.45, 2.75) is 44.9 Å². The van der Waals surface area contributed by atoms with Gasteiger partial charge in [0.2, 0.25) is 0 Å². The lowest BCUT2D eigenvalue weighted by Crippen LogP contribution is -2.15. The summed E-state index contributed by atoms with van der Waals surface area (Å²) in [5, 5.41) is 7.00. The van der Waals surface area contributed by atoms with Crippen molar-refractivity contribution in [2.75, 3.05) is 20.3 Å². The summed E-state index contributed by atoms with van der Waals surface area (Å²) >= 11 is 0. The summed E-state index contributed by atoms with van der Waals surface area (Å²) in [5.74, 6) is 1.79. The van der Waals surface area contributed by atoms with E-state index in [-0.39, 0.29) is 0 Å². The number of ether oxygens (including phenoxy) is 1. The fraction of sp³-hybridized carbons (Fsp3) is 0.579. The Kier molecular flexibility index (Phi) is 13.7. The summed E-state index contributed by atoms with van der Waals surface area (Å²) in [6.07, 6.45) is 8.95. The number of rotatable bonds is 6. The molecule has 0 radical (unpaired) electrons. The Morgan fingerprint density at radius 3 is 2.50 bits per heavy atom. The number of aliphatic hydroxyl groups excluding tert-OH is 1. The summed E-state index contributed by atoms with van der Waals surface area (Å²) in [6.45, 7) is 7.65. The van der Waals surface area contributed by atoms with Crippen LogP contribution in [0.2, 0.25) is 0 Å². The first-order chi connectivity index (χ1) is 10.9. The van der Waals surface area contributed by atoms with E-state index >= 15 is 0 Å². The van der Waals surface area contributed by atoms with Crippen molar-refractivity contribution >= 4 is 0 Å². The molecule has 0 saturated heterocycles. The Morgan fingerprint density at radius 1 is 1.18 bits per heavy atom. The molecule has 0 unspecified atom stereocenters. The second kappa shape index (κ2) is 14.6. The second-order valence-corrected chi connectivity index (χ2v) is 5.35. The summed E-state index contributed by atoms with van der Waals surface area (Å²) < 4.78 is 5.93. The zero-order valence-corrected chi connectivity index (χ0v) is 14.1. The molecule has 1 aliphatic rings. The molecule has 0 amide bonds. The maximum Gasteiger partial charge on any atom is 0.119 e. The van der Waals surface area contributed by atoms with Gasteiger partial charge in [-0.15, -0.1) is 13.2 Å². The van der Waals surface area contributed by atoms with Crippen LogP contribution < -0.4 is 10.5 Å². The Bertz CT molecular complexity index is 362. The second-order valence-electron chi connectivity index (χ2n) is 5.35. The molecule has 1 aromatic rings. The van der Waals surface area contributed by atoms with Crippen molar-refractivity contribution in [2.24, 2.45) is 11.7 Å². The quantitative estimate of drug-likeness (QED) is 0.782. The van der Waals surface area contributed by atoms with Gasteiger partial charge in [0, 0.05) is 7.11 Å². The van der Waals surface area contributed by atoms with Crippen LogP contribution in [0.4, 0.5) is 0 Å². The molecular weight excluding hydrogens is 274 g/mol. The zero-order chi connectivity index (χ0) is 16.6. The van der Waals surface area contributed by atoms with Gasteiger partial charge in [0.15, 0.2) is 0 Å². The van der Waals surface area contributed by atoms with Crippen LogP contribution in [0.15, 0.2) is 37.4 Å². The molecule has 3 heteroatoms. The number of aliphatic hydroxyl groups is 1. The normalized spacial score (nSPS) is 14.1. The molecule has 1 saturated carbocycles. The average molecular weight is 307 g/mol. The summed E-state index contributed by atoms with van der Waals surface area (Å²) in [4.78, 5) is 0. The van der Waals surface area contributed by atoms with Gasteiger partial charge in [-0.25, -0.2) is 0 Å². The number of benzene rings is 1. The maximum atomic E-state index is 7.00. The van der Waals surface area contributed by atoms with Crippen molar-refractivity contribution in [3.8, 4) is 5.75 Å². The van der Waals surface area contributed by atoms with E-state index in [1.807, 2.05) is 0 Å². The van der Waals surface area contributed by atoms with Gasteiger partial charge in [-0.3, -0.25) is 0 Å². The van der Waals surface area contributed by atoms with E-state index in [1.54, 1.807) is 0 Å². The van der Waals surface area contributed by atoms with E-state index in [2.05, 4.69) is 37.4 Å². The zero-order valence-electron chi connectivity index (χ0n) is 14.1. The largest absolute Gasteiger partial charge is 0.493 e. The molecule has 1 aliphatic carbocycles. The molecule has 0 atom stereocenters. The van der Waals surface area contributed by atoms with Gasteiger partial charge in [0.05, 0.1) is 6.61 Å². The standard InChI is InChI=1S/C16H25NO.C2H4.CH4O/c17-11-5-9-14-8-4-10-16(12-14)18-13-15-6-2-1-3-7-15;2*1-2/h4,8,10,12,15H,1-3,5-7,9,11,13,17H2;1-2H2;2H,1H3. The van der Waals surface area contributed by atoms with Crippen molar-refractivity contribution in [1.29, 1.82) is 0 Å². The van der Waals surface area contributed by atoms with Crippen LogP contribution in [0.25, 0.3) is 0 Å². The minimum atomic E-state index is 0.757. The first-order valence-electron chi connectivity index (χ1n) is 8.25. The van der Waals surface area contributed by atoms with Crippen molar-refractivity contribution < 1.29 is 9.84 Å². The first-order valence-corrected chi connectivity index (χ1v) is 8.25. The smallest absolute Gasteiger partial charge is 0.119 e. The molecule has 0 aromatic heterocycles. The van der Waals surface area contributed by atoms with Crippen molar-refractivity contribution in [3.05, 3.63) is 43.0 Å². The molecule has 0 bridgehead atoms. The Balaban J connectivity index is 0.00000102. The van der Waals surface area contributed by atoms with Gasteiger partial charge < -0.3 is 15.6 Å². The molecular formula is C19H33NO2. The third-order valence-electron chi connectivity index (χ3n) is 3.78. The molecule has 3 nitrogen and oxygen atoms in total. The first kappa shape index (κ1) is 20.7. The van der Waals surface area contributed by atoms with Gasteiger partial charge in [-0.05, 0) is 55.8 Å². The van der Waals surface area contributed by atoms with E-state index in [0.717, 1.165) is 44.8 Å². The van der Waals surface area contributed by atoms with E-state index in [0.29, 0.717) is 0 Å². The molecule has 0 aliphatic heterocycles. The molecule has 22 heavy (non-hydrogen) atoms. The van der Waals surface area contributed by atoms with Gasteiger partial charge in [0.1, 0.15) is 5.75 Å². The Morgan fingerprint density at radius 2 is 1.86 bits per heavy atom. The van der Waals surface area contributed by atoms with Gasteiger partial charge in [-0.1, -0.05) is 31.4 Å². The number of nitrogens with two attached hydrogens (primary N) is 1. The highest BCUT2D eigenvalue weighted by atomic mass is 16.5. The summed E-state index contributed by atoms with van der Waals surface area (Å²) in [5.41, 5.74) is 6.87. The summed E-state index contributed by atoms with van der Waals surface area (Å²) in [7, 11) is 1.00. The SMILES string of the molecule is C=C.CO.NCCCc1cccc(OCC2CCCCC2)c1. The van der Waals surface area contributed by atoms with E-state index in [4.69, 9.17) is 15.6 Å². The minimum Gasteiger partial charge on any atom is -0.493 e. The third kappa shape index (κ3) is 8.85. The predicted octanol–water partition coefficient (Wildman–Crippen LogP) is 3.95. The monoisotopic (exact) mass is 307 g/mol. The van der Waals surface area contributed by atoms with Crippen molar-refractivity contribution in [1.82, 2.24) is 0 Å².